The van der Waals surface area contributed by atoms with Crippen molar-refractivity contribution in [2.24, 2.45) is 11.1 Å². The monoisotopic (exact) mass is 255 g/mol. The highest BCUT2D eigenvalue weighted by Crippen LogP contribution is 2.38. The van der Waals surface area contributed by atoms with E-state index in [1.807, 2.05) is 0 Å². The second-order valence-corrected chi connectivity index (χ2v) is 4.92. The van der Waals surface area contributed by atoms with Gasteiger partial charge >= 0.3 is 5.97 Å². The van der Waals surface area contributed by atoms with Gasteiger partial charge in [0.15, 0.2) is 0 Å². The number of ether oxygens (including phenoxy) is 1. The molecule has 0 saturated heterocycles. The summed E-state index contributed by atoms with van der Waals surface area (Å²) in [6, 6.07) is 3.42. The quantitative estimate of drug-likeness (QED) is 0.847. The van der Waals surface area contributed by atoms with Crippen LogP contribution in [0.5, 0.6) is 5.75 Å². The van der Waals surface area contributed by atoms with E-state index in [0.29, 0.717) is 11.3 Å². The molecule has 0 aromatic heterocycles. The molecule has 5 heteroatoms. The van der Waals surface area contributed by atoms with E-state index in [1.54, 1.807) is 13.8 Å². The van der Waals surface area contributed by atoms with Crippen LogP contribution in [0, 0.1) is 11.2 Å². The smallest absolute Gasteiger partial charge is 0.303 e. The Balaban J connectivity index is 3.12. The Morgan fingerprint density at radius 1 is 1.56 bits per heavy atom. The minimum atomic E-state index is -0.939. The molecule has 100 valence electrons. The Labute approximate surface area is 106 Å². The number of hydrogen-bond acceptors (Lipinski definition) is 3. The molecule has 0 spiro atoms. The van der Waals surface area contributed by atoms with Gasteiger partial charge in [-0.3, -0.25) is 4.79 Å². The average Bonchev–Trinajstić information content (AvgIpc) is 2.26. The molecule has 18 heavy (non-hydrogen) atoms. The average molecular weight is 255 g/mol. The summed E-state index contributed by atoms with van der Waals surface area (Å²) in [6.07, 6.45) is -0.103. The first-order chi connectivity index (χ1) is 8.27. The van der Waals surface area contributed by atoms with Gasteiger partial charge in [0.2, 0.25) is 0 Å². The topological polar surface area (TPSA) is 72.5 Å². The molecule has 0 aliphatic carbocycles. The van der Waals surface area contributed by atoms with E-state index < -0.39 is 23.2 Å². The van der Waals surface area contributed by atoms with Crippen LogP contribution >= 0.6 is 0 Å². The Morgan fingerprint density at radius 2 is 2.17 bits per heavy atom. The summed E-state index contributed by atoms with van der Waals surface area (Å²) in [5, 5.41) is 8.87. The van der Waals surface area contributed by atoms with Crippen LogP contribution in [0.1, 0.15) is 31.9 Å². The molecule has 0 bridgehead atoms. The van der Waals surface area contributed by atoms with E-state index in [9.17, 15) is 9.18 Å². The molecule has 0 amide bonds. The maximum atomic E-state index is 13.3. The third-order valence-corrected chi connectivity index (χ3v) is 2.98. The standard InChI is InChI=1S/C13H18FNO3/c1-13(2,7-11(16)17)12(15)9-6-8(14)4-5-10(9)18-3/h4-6,12H,7,15H2,1-3H3,(H,16,17). The summed E-state index contributed by atoms with van der Waals surface area (Å²) >= 11 is 0. The number of halogens is 1. The van der Waals surface area contributed by atoms with Gasteiger partial charge in [-0.25, -0.2) is 4.39 Å². The van der Waals surface area contributed by atoms with Crippen molar-refractivity contribution in [2.45, 2.75) is 26.3 Å². The summed E-state index contributed by atoms with van der Waals surface area (Å²) in [6.45, 7) is 3.46. The molecule has 0 saturated carbocycles. The lowest BCUT2D eigenvalue weighted by atomic mass is 9.78. The van der Waals surface area contributed by atoms with Gasteiger partial charge in [-0.15, -0.1) is 0 Å². The van der Waals surface area contributed by atoms with Crippen molar-refractivity contribution in [1.82, 2.24) is 0 Å². The number of carboxylic acids is 1. The molecule has 0 fully saturated rings. The van der Waals surface area contributed by atoms with Crippen LogP contribution in [0.25, 0.3) is 0 Å². The zero-order valence-corrected chi connectivity index (χ0v) is 10.7. The zero-order chi connectivity index (χ0) is 13.9. The normalized spacial score (nSPS) is 13.2. The summed E-state index contributed by atoms with van der Waals surface area (Å²) in [4.78, 5) is 10.8. The van der Waals surface area contributed by atoms with Gasteiger partial charge in [0.25, 0.3) is 0 Å². The molecule has 0 aliphatic rings. The Kier molecular flexibility index (Phi) is 4.29. The molecule has 1 unspecified atom stereocenters. The van der Waals surface area contributed by atoms with E-state index in [1.165, 1.54) is 25.3 Å². The van der Waals surface area contributed by atoms with Crippen LogP contribution in [-0.4, -0.2) is 18.2 Å². The SMILES string of the molecule is COc1ccc(F)cc1C(N)C(C)(C)CC(=O)O. The minimum Gasteiger partial charge on any atom is -0.496 e. The highest BCUT2D eigenvalue weighted by atomic mass is 19.1. The summed E-state index contributed by atoms with van der Waals surface area (Å²) in [5.41, 5.74) is 5.83. The largest absolute Gasteiger partial charge is 0.496 e. The first kappa shape index (κ1) is 14.4. The number of aliphatic carboxylic acids is 1. The number of nitrogens with two attached hydrogens (primary N) is 1. The van der Waals surface area contributed by atoms with Crippen molar-refractivity contribution >= 4 is 5.97 Å². The lowest BCUT2D eigenvalue weighted by Crippen LogP contribution is -2.31. The molecule has 1 aromatic carbocycles. The van der Waals surface area contributed by atoms with Gasteiger partial charge in [0.05, 0.1) is 13.5 Å². The van der Waals surface area contributed by atoms with Gasteiger partial charge < -0.3 is 15.6 Å². The van der Waals surface area contributed by atoms with Crippen molar-refractivity contribution in [1.29, 1.82) is 0 Å². The van der Waals surface area contributed by atoms with Crippen molar-refractivity contribution in [3.8, 4) is 5.75 Å². The molecule has 1 aromatic rings. The molecule has 1 atom stereocenters. The van der Waals surface area contributed by atoms with Crippen LogP contribution in [0.2, 0.25) is 0 Å². The number of benzene rings is 1. The summed E-state index contributed by atoms with van der Waals surface area (Å²) in [5.74, 6) is -0.902. The molecular weight excluding hydrogens is 237 g/mol. The van der Waals surface area contributed by atoms with Gasteiger partial charge in [-0.1, -0.05) is 13.8 Å². The van der Waals surface area contributed by atoms with E-state index >= 15 is 0 Å². The Bertz CT molecular complexity index is 446. The van der Waals surface area contributed by atoms with Crippen molar-refractivity contribution in [3.63, 3.8) is 0 Å². The van der Waals surface area contributed by atoms with E-state index in [0.717, 1.165) is 0 Å². The zero-order valence-electron chi connectivity index (χ0n) is 10.7. The van der Waals surface area contributed by atoms with Gasteiger partial charge in [0.1, 0.15) is 11.6 Å². The van der Waals surface area contributed by atoms with E-state index in [2.05, 4.69) is 0 Å². The Morgan fingerprint density at radius 3 is 2.67 bits per heavy atom. The number of rotatable bonds is 5. The molecule has 0 aliphatic heterocycles. The number of carboxylic acid groups (broad SMARTS) is 1. The Hall–Kier alpha value is -1.62. The van der Waals surface area contributed by atoms with Gasteiger partial charge in [-0.2, -0.15) is 0 Å². The fourth-order valence-electron chi connectivity index (χ4n) is 1.87. The highest BCUT2D eigenvalue weighted by Gasteiger charge is 2.32. The summed E-state index contributed by atoms with van der Waals surface area (Å²) < 4.78 is 18.4. The van der Waals surface area contributed by atoms with Crippen LogP contribution in [0.4, 0.5) is 4.39 Å². The molecule has 0 heterocycles. The second-order valence-electron chi connectivity index (χ2n) is 4.92. The second kappa shape index (κ2) is 5.35. The first-order valence-electron chi connectivity index (χ1n) is 5.58. The van der Waals surface area contributed by atoms with E-state index in [-0.39, 0.29) is 6.42 Å². The van der Waals surface area contributed by atoms with Crippen LogP contribution in [0.3, 0.4) is 0 Å². The number of hydrogen-bond donors (Lipinski definition) is 2. The maximum absolute atomic E-state index is 13.3. The van der Waals surface area contributed by atoms with Crippen molar-refractivity contribution in [3.05, 3.63) is 29.6 Å². The molecule has 3 N–H and O–H groups in total. The summed E-state index contributed by atoms with van der Waals surface area (Å²) in [7, 11) is 1.47. The lowest BCUT2D eigenvalue weighted by Gasteiger charge is -2.31. The number of methoxy groups -OCH3 is 1. The van der Waals surface area contributed by atoms with E-state index in [4.69, 9.17) is 15.6 Å². The van der Waals surface area contributed by atoms with Crippen LogP contribution in [-0.2, 0) is 4.79 Å². The van der Waals surface area contributed by atoms with Crippen molar-refractivity contribution in [2.75, 3.05) is 7.11 Å². The highest BCUT2D eigenvalue weighted by molar-refractivity contribution is 5.67. The maximum Gasteiger partial charge on any atom is 0.303 e. The molecule has 4 nitrogen and oxygen atoms in total. The van der Waals surface area contributed by atoms with Crippen LogP contribution < -0.4 is 10.5 Å². The predicted molar refractivity (Wildman–Crippen MR) is 65.9 cm³/mol. The third kappa shape index (κ3) is 3.20. The van der Waals surface area contributed by atoms with Crippen molar-refractivity contribution < 1.29 is 19.0 Å². The molecular formula is C13H18FNO3. The fourth-order valence-corrected chi connectivity index (χ4v) is 1.87. The molecule has 0 radical (unpaired) electrons. The van der Waals surface area contributed by atoms with Gasteiger partial charge in [0, 0.05) is 11.6 Å². The van der Waals surface area contributed by atoms with Gasteiger partial charge in [-0.05, 0) is 23.6 Å². The minimum absolute atomic E-state index is 0.103. The van der Waals surface area contributed by atoms with Crippen LogP contribution in [0.15, 0.2) is 18.2 Å². The lowest BCUT2D eigenvalue weighted by molar-refractivity contribution is -0.139. The predicted octanol–water partition coefficient (Wildman–Crippen LogP) is 2.33. The molecule has 1 rings (SSSR count). The first-order valence-corrected chi connectivity index (χ1v) is 5.58. The number of carbonyl (C=O) groups is 1. The fraction of sp³-hybridized carbons (Fsp3) is 0.462. The third-order valence-electron chi connectivity index (χ3n) is 2.98.